The lowest BCUT2D eigenvalue weighted by molar-refractivity contribution is 0.373. The second-order valence-corrected chi connectivity index (χ2v) is 7.98. The molecule has 0 spiro atoms. The van der Waals surface area contributed by atoms with Gasteiger partial charge in [0, 0.05) is 21.7 Å². The average molecular weight is 408 g/mol. The topological polar surface area (TPSA) is 71.3 Å². The van der Waals surface area contributed by atoms with E-state index in [4.69, 9.17) is 14.1 Å². The Bertz CT molecular complexity index is 1660. The summed E-state index contributed by atoms with van der Waals surface area (Å²) in [7, 11) is 1.54. The number of benzene rings is 4. The number of phenols is 1. The van der Waals surface area contributed by atoms with Crippen molar-refractivity contribution in [1.82, 2.24) is 9.97 Å². The van der Waals surface area contributed by atoms with Gasteiger partial charge in [0.05, 0.1) is 24.4 Å². The lowest BCUT2D eigenvalue weighted by Crippen LogP contribution is -1.85. The number of ether oxygens (including phenoxy) is 1. The summed E-state index contributed by atoms with van der Waals surface area (Å²) in [5.41, 5.74) is 5.75. The van der Waals surface area contributed by atoms with Crippen molar-refractivity contribution in [3.63, 3.8) is 0 Å². The van der Waals surface area contributed by atoms with Crippen molar-refractivity contribution in [3.05, 3.63) is 65.9 Å². The summed E-state index contributed by atoms with van der Waals surface area (Å²) in [6.45, 7) is 4.17. The first-order valence-electron chi connectivity index (χ1n) is 10.2. The van der Waals surface area contributed by atoms with Crippen LogP contribution in [0.2, 0.25) is 0 Å². The number of imidazole rings is 1. The summed E-state index contributed by atoms with van der Waals surface area (Å²) in [5.74, 6) is 1.20. The van der Waals surface area contributed by atoms with Crippen molar-refractivity contribution in [3.8, 4) is 22.9 Å². The lowest BCUT2D eigenvalue weighted by atomic mass is 9.96. The maximum Gasteiger partial charge on any atom is 0.160 e. The third kappa shape index (κ3) is 2.40. The molecule has 0 saturated heterocycles. The lowest BCUT2D eigenvalue weighted by Gasteiger charge is -2.08. The molecule has 0 unspecified atom stereocenters. The Hall–Kier alpha value is -3.99. The third-order valence-electron chi connectivity index (χ3n) is 6.14. The van der Waals surface area contributed by atoms with Crippen molar-refractivity contribution in [1.29, 1.82) is 0 Å². The fraction of sp³-hybridized carbons (Fsp3) is 0.115. The molecule has 31 heavy (non-hydrogen) atoms. The quantitative estimate of drug-likeness (QED) is 0.316. The molecule has 2 N–H and O–H groups in total. The molecule has 152 valence electrons. The number of rotatable bonds is 2. The predicted molar refractivity (Wildman–Crippen MR) is 124 cm³/mol. The minimum atomic E-state index is 0.0797. The molecule has 2 heterocycles. The summed E-state index contributed by atoms with van der Waals surface area (Å²) in [5, 5.41) is 15.8. The van der Waals surface area contributed by atoms with Gasteiger partial charge in [-0.2, -0.15) is 0 Å². The van der Waals surface area contributed by atoms with Crippen molar-refractivity contribution < 1.29 is 14.3 Å². The van der Waals surface area contributed by atoms with Gasteiger partial charge in [-0.1, -0.05) is 24.3 Å². The van der Waals surface area contributed by atoms with Crippen LogP contribution >= 0.6 is 0 Å². The van der Waals surface area contributed by atoms with Crippen molar-refractivity contribution in [2.24, 2.45) is 0 Å². The Morgan fingerprint density at radius 3 is 2.58 bits per heavy atom. The molecule has 5 heteroatoms. The molecule has 0 amide bonds. The normalized spacial score (nSPS) is 11.8. The number of nitrogens with one attached hydrogen (secondary N) is 1. The van der Waals surface area contributed by atoms with E-state index in [1.165, 1.54) is 18.1 Å². The molecule has 0 bridgehead atoms. The van der Waals surface area contributed by atoms with Gasteiger partial charge < -0.3 is 19.2 Å². The van der Waals surface area contributed by atoms with Gasteiger partial charge in [0.15, 0.2) is 11.5 Å². The first kappa shape index (κ1) is 17.8. The van der Waals surface area contributed by atoms with Crippen LogP contribution < -0.4 is 4.74 Å². The number of aromatic hydroxyl groups is 1. The van der Waals surface area contributed by atoms with Crippen molar-refractivity contribution in [2.45, 2.75) is 13.8 Å². The Labute approximate surface area is 177 Å². The zero-order valence-electron chi connectivity index (χ0n) is 17.4. The van der Waals surface area contributed by atoms with Crippen LogP contribution in [-0.4, -0.2) is 22.2 Å². The zero-order valence-corrected chi connectivity index (χ0v) is 17.4. The summed E-state index contributed by atoms with van der Waals surface area (Å²) in [6.07, 6.45) is 1.80. The van der Waals surface area contributed by atoms with Gasteiger partial charge in [-0.3, -0.25) is 0 Å². The molecule has 6 rings (SSSR count). The molecule has 0 aliphatic carbocycles. The van der Waals surface area contributed by atoms with E-state index < -0.39 is 0 Å². The average Bonchev–Trinajstić information content (AvgIpc) is 3.37. The summed E-state index contributed by atoms with van der Waals surface area (Å²) >= 11 is 0. The Kier molecular flexibility index (Phi) is 3.60. The number of hydrogen-bond donors (Lipinski definition) is 2. The first-order chi connectivity index (χ1) is 15.1. The molecule has 5 nitrogen and oxygen atoms in total. The SMILES string of the molecule is COc1ccc(-c2nc3c([nH]2)c2c(C)coc2c2ccc4c(C)cccc4c23)cc1O. The number of aromatic amines is 1. The van der Waals surface area contributed by atoms with E-state index in [1.807, 2.05) is 13.0 Å². The maximum atomic E-state index is 10.3. The highest BCUT2D eigenvalue weighted by Gasteiger charge is 2.20. The molecule has 6 aromatic rings. The van der Waals surface area contributed by atoms with Crippen LogP contribution in [0, 0.1) is 13.8 Å². The fourth-order valence-corrected chi connectivity index (χ4v) is 4.62. The Balaban J connectivity index is 1.79. The number of methoxy groups -OCH3 is 1. The zero-order chi connectivity index (χ0) is 21.3. The number of H-pyrrole nitrogens is 1. The number of hydrogen-bond acceptors (Lipinski definition) is 4. The molecule has 0 saturated carbocycles. The molecule has 4 aromatic carbocycles. The van der Waals surface area contributed by atoms with E-state index in [0.717, 1.165) is 49.3 Å². The highest BCUT2D eigenvalue weighted by Crippen LogP contribution is 2.41. The minimum Gasteiger partial charge on any atom is -0.504 e. The van der Waals surface area contributed by atoms with Crippen LogP contribution in [0.3, 0.4) is 0 Å². The third-order valence-corrected chi connectivity index (χ3v) is 6.14. The van der Waals surface area contributed by atoms with Gasteiger partial charge in [0.2, 0.25) is 0 Å². The number of furan rings is 1. The van der Waals surface area contributed by atoms with Crippen LogP contribution in [0.5, 0.6) is 11.5 Å². The number of fused-ring (bicyclic) bond motifs is 8. The van der Waals surface area contributed by atoms with Crippen molar-refractivity contribution >= 4 is 43.5 Å². The van der Waals surface area contributed by atoms with Crippen LogP contribution in [0.4, 0.5) is 0 Å². The van der Waals surface area contributed by atoms with E-state index in [-0.39, 0.29) is 5.75 Å². The van der Waals surface area contributed by atoms with E-state index in [2.05, 4.69) is 42.2 Å². The van der Waals surface area contributed by atoms with Gasteiger partial charge >= 0.3 is 0 Å². The molecule has 0 radical (unpaired) electrons. The van der Waals surface area contributed by atoms with Gasteiger partial charge in [0.1, 0.15) is 11.4 Å². The summed E-state index contributed by atoms with van der Waals surface area (Å²) in [6, 6.07) is 15.9. The summed E-state index contributed by atoms with van der Waals surface area (Å²) < 4.78 is 11.2. The molecule has 0 atom stereocenters. The van der Waals surface area contributed by atoms with Crippen LogP contribution in [0.25, 0.3) is 54.9 Å². The van der Waals surface area contributed by atoms with E-state index in [9.17, 15) is 5.11 Å². The van der Waals surface area contributed by atoms with Gasteiger partial charge in [-0.05, 0) is 60.0 Å². The number of aryl methyl sites for hydroxylation is 2. The summed E-state index contributed by atoms with van der Waals surface area (Å²) in [4.78, 5) is 8.50. The van der Waals surface area contributed by atoms with E-state index in [1.54, 1.807) is 18.4 Å². The van der Waals surface area contributed by atoms with E-state index >= 15 is 0 Å². The predicted octanol–water partition coefficient (Wildman–Crippen LogP) is 6.61. The fourth-order valence-electron chi connectivity index (χ4n) is 4.62. The molecule has 0 aliphatic rings. The van der Waals surface area contributed by atoms with Crippen LogP contribution in [0.15, 0.2) is 59.2 Å². The van der Waals surface area contributed by atoms with Gasteiger partial charge in [-0.25, -0.2) is 4.98 Å². The molecule has 2 aromatic heterocycles. The highest BCUT2D eigenvalue weighted by atomic mass is 16.5. The molecular weight excluding hydrogens is 388 g/mol. The van der Waals surface area contributed by atoms with Gasteiger partial charge in [-0.15, -0.1) is 0 Å². The highest BCUT2D eigenvalue weighted by molar-refractivity contribution is 6.29. The van der Waals surface area contributed by atoms with Gasteiger partial charge in [0.25, 0.3) is 0 Å². The first-order valence-corrected chi connectivity index (χ1v) is 10.2. The molecular formula is C26H20N2O3. The minimum absolute atomic E-state index is 0.0797. The van der Waals surface area contributed by atoms with Crippen molar-refractivity contribution in [2.75, 3.05) is 7.11 Å². The van der Waals surface area contributed by atoms with E-state index in [0.29, 0.717) is 11.6 Å². The van der Waals surface area contributed by atoms with Crippen LogP contribution in [0.1, 0.15) is 11.1 Å². The maximum absolute atomic E-state index is 10.3. The Morgan fingerprint density at radius 2 is 1.77 bits per heavy atom. The largest absolute Gasteiger partial charge is 0.504 e. The number of aromatic nitrogens is 2. The molecule has 0 aliphatic heterocycles. The molecule has 0 fully saturated rings. The van der Waals surface area contributed by atoms with Crippen LogP contribution in [-0.2, 0) is 0 Å². The smallest absolute Gasteiger partial charge is 0.160 e. The second kappa shape index (κ2) is 6.25. The number of nitrogens with zero attached hydrogens (tertiary/aromatic N) is 1. The number of phenolic OH excluding ortho intramolecular Hbond substituents is 1. The Morgan fingerprint density at radius 1 is 0.935 bits per heavy atom. The standard InChI is InChI=1S/C26H20N2O3/c1-13-5-4-6-17-16(13)8-9-18-22(17)24-23(21-14(2)12-31-25(18)21)27-26(28-24)15-7-10-20(30-3)19(29)11-15/h4-12,29H,1-3H3,(H,27,28). The second-order valence-electron chi connectivity index (χ2n) is 7.98. The monoisotopic (exact) mass is 408 g/mol.